The van der Waals surface area contributed by atoms with Crippen LogP contribution in [0.3, 0.4) is 0 Å². The molecule has 1 unspecified atom stereocenters. The number of halogens is 4. The van der Waals surface area contributed by atoms with Crippen LogP contribution in [0.2, 0.25) is 5.02 Å². The van der Waals surface area contributed by atoms with Gasteiger partial charge in [-0.3, -0.25) is 0 Å². The predicted molar refractivity (Wildman–Crippen MR) is 71.5 cm³/mol. The van der Waals surface area contributed by atoms with Crippen LogP contribution in [0.15, 0.2) is 40.9 Å². The molecule has 0 aliphatic rings. The molecule has 0 bridgehead atoms. The molecule has 0 aromatic heterocycles. The zero-order chi connectivity index (χ0) is 13.3. The van der Waals surface area contributed by atoms with Crippen molar-refractivity contribution in [2.75, 3.05) is 0 Å². The number of benzene rings is 2. The van der Waals surface area contributed by atoms with E-state index >= 15 is 0 Å². The van der Waals surface area contributed by atoms with Crippen molar-refractivity contribution >= 4 is 27.5 Å². The van der Waals surface area contributed by atoms with E-state index in [1.54, 1.807) is 6.07 Å². The summed E-state index contributed by atoms with van der Waals surface area (Å²) < 4.78 is 27.0. The summed E-state index contributed by atoms with van der Waals surface area (Å²) in [5.41, 5.74) is 6.93. The molecule has 1 atom stereocenters. The Morgan fingerprint density at radius 2 is 1.78 bits per heavy atom. The SMILES string of the molecule is NC(c1cc(F)cc(Br)c1)c1cc(F)ccc1Cl. The Labute approximate surface area is 117 Å². The van der Waals surface area contributed by atoms with Crippen molar-refractivity contribution in [1.82, 2.24) is 0 Å². The summed E-state index contributed by atoms with van der Waals surface area (Å²) in [6, 6.07) is 7.56. The van der Waals surface area contributed by atoms with Gasteiger partial charge in [0.1, 0.15) is 11.6 Å². The van der Waals surface area contributed by atoms with Crippen molar-refractivity contribution in [1.29, 1.82) is 0 Å². The maximum absolute atomic E-state index is 13.3. The summed E-state index contributed by atoms with van der Waals surface area (Å²) in [5.74, 6) is -0.845. The fourth-order valence-electron chi connectivity index (χ4n) is 1.69. The Morgan fingerprint density at radius 1 is 1.06 bits per heavy atom. The van der Waals surface area contributed by atoms with Gasteiger partial charge in [0.15, 0.2) is 0 Å². The lowest BCUT2D eigenvalue weighted by Gasteiger charge is -2.15. The van der Waals surface area contributed by atoms with Crippen LogP contribution in [-0.2, 0) is 0 Å². The van der Waals surface area contributed by atoms with E-state index < -0.39 is 17.7 Å². The highest BCUT2D eigenvalue weighted by molar-refractivity contribution is 9.10. The highest BCUT2D eigenvalue weighted by Gasteiger charge is 2.14. The van der Waals surface area contributed by atoms with Gasteiger partial charge in [0.05, 0.1) is 6.04 Å². The van der Waals surface area contributed by atoms with Gasteiger partial charge in [-0.25, -0.2) is 8.78 Å². The maximum Gasteiger partial charge on any atom is 0.124 e. The van der Waals surface area contributed by atoms with Crippen molar-refractivity contribution in [2.24, 2.45) is 5.73 Å². The number of nitrogens with two attached hydrogens (primary N) is 1. The average molecular weight is 333 g/mol. The van der Waals surface area contributed by atoms with E-state index in [9.17, 15) is 8.78 Å². The van der Waals surface area contributed by atoms with Crippen molar-refractivity contribution in [3.05, 3.63) is 68.7 Å². The van der Waals surface area contributed by atoms with Crippen LogP contribution in [0.4, 0.5) is 8.78 Å². The molecule has 18 heavy (non-hydrogen) atoms. The van der Waals surface area contributed by atoms with Gasteiger partial charge in [-0.1, -0.05) is 27.5 Å². The third-order valence-corrected chi connectivity index (χ3v) is 3.34. The Kier molecular flexibility index (Phi) is 4.00. The highest BCUT2D eigenvalue weighted by atomic mass is 79.9. The van der Waals surface area contributed by atoms with E-state index in [-0.39, 0.29) is 0 Å². The molecule has 0 amide bonds. The van der Waals surface area contributed by atoms with E-state index in [1.165, 1.54) is 30.3 Å². The van der Waals surface area contributed by atoms with Gasteiger partial charge in [-0.2, -0.15) is 0 Å². The van der Waals surface area contributed by atoms with Gasteiger partial charge in [0.2, 0.25) is 0 Å². The molecule has 0 aliphatic carbocycles. The first-order valence-electron chi connectivity index (χ1n) is 5.14. The minimum Gasteiger partial charge on any atom is -0.320 e. The maximum atomic E-state index is 13.3. The third-order valence-electron chi connectivity index (χ3n) is 2.54. The van der Waals surface area contributed by atoms with Gasteiger partial charge in [0, 0.05) is 9.50 Å². The molecule has 2 N–H and O–H groups in total. The summed E-state index contributed by atoms with van der Waals surface area (Å²) in [7, 11) is 0. The van der Waals surface area contributed by atoms with Crippen molar-refractivity contribution in [2.45, 2.75) is 6.04 Å². The minimum atomic E-state index is -0.680. The Balaban J connectivity index is 2.47. The molecule has 2 aromatic rings. The first kappa shape index (κ1) is 13.5. The molecule has 0 saturated carbocycles. The molecule has 2 aromatic carbocycles. The van der Waals surface area contributed by atoms with E-state index in [1.807, 2.05) is 0 Å². The van der Waals surface area contributed by atoms with Gasteiger partial charge in [-0.15, -0.1) is 0 Å². The molecule has 0 radical (unpaired) electrons. The molecule has 0 heterocycles. The van der Waals surface area contributed by atoms with E-state index in [0.717, 1.165) is 0 Å². The topological polar surface area (TPSA) is 26.0 Å². The average Bonchev–Trinajstić information content (AvgIpc) is 2.30. The van der Waals surface area contributed by atoms with E-state index in [0.29, 0.717) is 20.6 Å². The van der Waals surface area contributed by atoms with Gasteiger partial charge in [0.25, 0.3) is 0 Å². The fraction of sp³-hybridized carbons (Fsp3) is 0.0769. The van der Waals surface area contributed by atoms with Gasteiger partial charge >= 0.3 is 0 Å². The molecule has 94 valence electrons. The first-order valence-corrected chi connectivity index (χ1v) is 6.31. The molecule has 1 nitrogen and oxygen atoms in total. The second-order valence-electron chi connectivity index (χ2n) is 3.85. The van der Waals surface area contributed by atoms with Crippen molar-refractivity contribution in [3.8, 4) is 0 Å². The van der Waals surface area contributed by atoms with Crippen LogP contribution in [0.25, 0.3) is 0 Å². The molecule has 0 aliphatic heterocycles. The lowest BCUT2D eigenvalue weighted by molar-refractivity contribution is 0.619. The van der Waals surface area contributed by atoms with Crippen LogP contribution < -0.4 is 5.73 Å². The highest BCUT2D eigenvalue weighted by Crippen LogP contribution is 2.29. The lowest BCUT2D eigenvalue weighted by Crippen LogP contribution is -2.13. The molecule has 5 heteroatoms. The molecule has 0 saturated heterocycles. The van der Waals surface area contributed by atoms with Crippen LogP contribution in [0, 0.1) is 11.6 Å². The molecular formula is C13H9BrClF2N. The number of hydrogen-bond acceptors (Lipinski definition) is 1. The van der Waals surface area contributed by atoms with Crippen LogP contribution >= 0.6 is 27.5 Å². The molecule has 0 fully saturated rings. The van der Waals surface area contributed by atoms with E-state index in [4.69, 9.17) is 17.3 Å². The van der Waals surface area contributed by atoms with Gasteiger partial charge < -0.3 is 5.73 Å². The second-order valence-corrected chi connectivity index (χ2v) is 5.17. The predicted octanol–water partition coefficient (Wildman–Crippen LogP) is 4.43. The lowest BCUT2D eigenvalue weighted by atomic mass is 9.99. The summed E-state index contributed by atoms with van der Waals surface area (Å²) in [5, 5.41) is 0.351. The third kappa shape index (κ3) is 2.88. The fourth-order valence-corrected chi connectivity index (χ4v) is 2.41. The Hall–Kier alpha value is -0.970. The first-order chi connectivity index (χ1) is 8.47. The Morgan fingerprint density at radius 3 is 2.44 bits per heavy atom. The molecule has 2 rings (SSSR count). The zero-order valence-corrected chi connectivity index (χ0v) is 11.5. The summed E-state index contributed by atoms with van der Waals surface area (Å²) >= 11 is 9.15. The van der Waals surface area contributed by atoms with Crippen LogP contribution in [-0.4, -0.2) is 0 Å². The largest absolute Gasteiger partial charge is 0.320 e. The molecular weight excluding hydrogens is 324 g/mol. The van der Waals surface area contributed by atoms with Crippen molar-refractivity contribution < 1.29 is 8.78 Å². The summed E-state index contributed by atoms with van der Waals surface area (Å²) in [6.07, 6.45) is 0. The summed E-state index contributed by atoms with van der Waals surface area (Å²) in [6.45, 7) is 0. The smallest absolute Gasteiger partial charge is 0.124 e. The zero-order valence-electron chi connectivity index (χ0n) is 9.13. The number of rotatable bonds is 2. The minimum absolute atomic E-state index is 0.351. The van der Waals surface area contributed by atoms with Crippen LogP contribution in [0.1, 0.15) is 17.2 Å². The monoisotopic (exact) mass is 331 g/mol. The van der Waals surface area contributed by atoms with Crippen molar-refractivity contribution in [3.63, 3.8) is 0 Å². The van der Waals surface area contributed by atoms with Gasteiger partial charge in [-0.05, 0) is 47.5 Å². The second kappa shape index (κ2) is 5.34. The van der Waals surface area contributed by atoms with Crippen LogP contribution in [0.5, 0.6) is 0 Å². The quantitative estimate of drug-likeness (QED) is 0.865. The normalized spacial score (nSPS) is 12.5. The summed E-state index contributed by atoms with van der Waals surface area (Å²) in [4.78, 5) is 0. The molecule has 0 spiro atoms. The number of hydrogen-bond donors (Lipinski definition) is 1. The Bertz CT molecular complexity index is 569. The van der Waals surface area contributed by atoms with E-state index in [2.05, 4.69) is 15.9 Å². The standard InChI is InChI=1S/C13H9BrClF2N/c14-8-3-7(4-10(17)5-8)13(18)11-6-9(16)1-2-12(11)15/h1-6,13H,18H2.